The molecule has 1 aromatic rings. The fourth-order valence-electron chi connectivity index (χ4n) is 3.67. The van der Waals surface area contributed by atoms with Crippen molar-refractivity contribution < 1.29 is 4.74 Å². The normalized spacial score (nSPS) is 18.2. The van der Waals surface area contributed by atoms with Gasteiger partial charge in [0, 0.05) is 0 Å². The number of ether oxygens (including phenoxy) is 1. The quantitative estimate of drug-likeness (QED) is 0.750. The smallest absolute Gasteiger partial charge is 0.122 e. The molecule has 2 rings (SSSR count). The summed E-state index contributed by atoms with van der Waals surface area (Å²) in [5.41, 5.74) is 1.37. The van der Waals surface area contributed by atoms with Gasteiger partial charge in [0.15, 0.2) is 0 Å². The minimum Gasteiger partial charge on any atom is -0.496 e. The molecule has 0 radical (unpaired) electrons. The van der Waals surface area contributed by atoms with Crippen LogP contribution in [0.2, 0.25) is 0 Å². The number of hydrogen-bond acceptors (Lipinski definition) is 2. The van der Waals surface area contributed by atoms with Gasteiger partial charge >= 0.3 is 0 Å². The molecule has 2 heteroatoms. The summed E-state index contributed by atoms with van der Waals surface area (Å²) in [6.45, 7) is 4.40. The topological polar surface area (TPSA) is 21.3 Å². The first-order chi connectivity index (χ1) is 10.3. The van der Waals surface area contributed by atoms with E-state index in [0.29, 0.717) is 0 Å². The van der Waals surface area contributed by atoms with Crippen LogP contribution in [0.15, 0.2) is 24.3 Å². The highest BCUT2D eigenvalue weighted by atomic mass is 16.5. The molecule has 0 spiro atoms. The molecule has 1 atom stereocenters. The number of nitrogens with one attached hydrogen (secondary N) is 1. The van der Waals surface area contributed by atoms with Crippen LogP contribution in [0.25, 0.3) is 0 Å². The summed E-state index contributed by atoms with van der Waals surface area (Å²) in [6, 6.07) is 8.52. The van der Waals surface area contributed by atoms with Crippen LogP contribution in [-0.2, 0) is 6.42 Å². The zero-order valence-electron chi connectivity index (χ0n) is 13.7. The molecule has 1 N–H and O–H groups in total. The Kier molecular flexibility index (Phi) is 7.08. The average molecular weight is 289 g/mol. The van der Waals surface area contributed by atoms with Gasteiger partial charge in [0.2, 0.25) is 0 Å². The Bertz CT molecular complexity index is 396. The zero-order chi connectivity index (χ0) is 14.9. The number of hydrogen-bond donors (Lipinski definition) is 1. The summed E-state index contributed by atoms with van der Waals surface area (Å²) in [6.07, 6.45) is 9.65. The van der Waals surface area contributed by atoms with Crippen LogP contribution >= 0.6 is 0 Å². The predicted octanol–water partition coefficient (Wildman–Crippen LogP) is 4.43. The Balaban J connectivity index is 2.07. The molecule has 0 saturated heterocycles. The highest BCUT2D eigenvalue weighted by Gasteiger charge is 2.23. The van der Waals surface area contributed by atoms with Gasteiger partial charge in [-0.2, -0.15) is 0 Å². The molecule has 1 aliphatic carbocycles. The minimum atomic E-state index is 0.736. The van der Waals surface area contributed by atoms with Gasteiger partial charge in [-0.1, -0.05) is 63.6 Å². The van der Waals surface area contributed by atoms with Crippen LogP contribution in [0, 0.1) is 11.8 Å². The molecule has 1 unspecified atom stereocenters. The summed E-state index contributed by atoms with van der Waals surface area (Å²) < 4.78 is 5.54. The van der Waals surface area contributed by atoms with Crippen molar-refractivity contribution in [3.05, 3.63) is 29.8 Å². The van der Waals surface area contributed by atoms with Gasteiger partial charge in [-0.3, -0.25) is 0 Å². The molecular weight excluding hydrogens is 258 g/mol. The van der Waals surface area contributed by atoms with Crippen molar-refractivity contribution in [1.82, 2.24) is 5.32 Å². The Hall–Kier alpha value is -1.02. The molecule has 21 heavy (non-hydrogen) atoms. The lowest BCUT2D eigenvalue weighted by atomic mass is 9.82. The van der Waals surface area contributed by atoms with Crippen LogP contribution in [0.3, 0.4) is 0 Å². The van der Waals surface area contributed by atoms with Crippen LogP contribution in [0.5, 0.6) is 5.75 Å². The molecule has 2 nitrogen and oxygen atoms in total. The largest absolute Gasteiger partial charge is 0.496 e. The Labute approximate surface area is 130 Å². The third-order valence-electron chi connectivity index (χ3n) is 4.90. The van der Waals surface area contributed by atoms with Crippen LogP contribution in [0.4, 0.5) is 0 Å². The maximum absolute atomic E-state index is 5.54. The van der Waals surface area contributed by atoms with Crippen molar-refractivity contribution in [2.24, 2.45) is 11.8 Å². The average Bonchev–Trinajstić information content (AvgIpc) is 2.81. The molecule has 1 aliphatic rings. The van der Waals surface area contributed by atoms with E-state index in [1.165, 1.54) is 44.1 Å². The molecule has 0 aromatic heterocycles. The summed E-state index contributed by atoms with van der Waals surface area (Å²) in [4.78, 5) is 0. The number of benzene rings is 1. The van der Waals surface area contributed by atoms with Crippen molar-refractivity contribution in [1.29, 1.82) is 0 Å². The molecular formula is C19H31NO. The monoisotopic (exact) mass is 289 g/mol. The number of rotatable bonds is 7. The molecule has 1 fully saturated rings. The third-order valence-corrected chi connectivity index (χ3v) is 4.90. The first-order valence-corrected chi connectivity index (χ1v) is 8.67. The van der Waals surface area contributed by atoms with Crippen molar-refractivity contribution >= 4 is 0 Å². The van der Waals surface area contributed by atoms with Crippen LogP contribution in [-0.4, -0.2) is 20.2 Å². The Morgan fingerprint density at radius 3 is 2.52 bits per heavy atom. The van der Waals surface area contributed by atoms with Gasteiger partial charge in [-0.15, -0.1) is 0 Å². The van der Waals surface area contributed by atoms with Crippen LogP contribution < -0.4 is 10.1 Å². The highest BCUT2D eigenvalue weighted by Crippen LogP contribution is 2.32. The van der Waals surface area contributed by atoms with Gasteiger partial charge in [-0.05, 0) is 43.0 Å². The summed E-state index contributed by atoms with van der Waals surface area (Å²) in [5.74, 6) is 2.66. The van der Waals surface area contributed by atoms with E-state index in [4.69, 9.17) is 4.74 Å². The van der Waals surface area contributed by atoms with Gasteiger partial charge < -0.3 is 10.1 Å². The SMILES string of the molecule is CCNCC(Cc1ccccc1OC)C1CCCCCC1. The third kappa shape index (κ3) is 5.03. The number of para-hydroxylation sites is 1. The standard InChI is InChI=1S/C19H31NO/c1-3-20-15-18(16-10-6-4-5-7-11-16)14-17-12-8-9-13-19(17)21-2/h8-9,12-13,16,18,20H,3-7,10-11,14-15H2,1-2H3. The minimum absolute atomic E-state index is 0.736. The zero-order valence-corrected chi connectivity index (χ0v) is 13.7. The Morgan fingerprint density at radius 1 is 1.14 bits per heavy atom. The first-order valence-electron chi connectivity index (χ1n) is 8.67. The molecule has 0 bridgehead atoms. The van der Waals surface area contributed by atoms with Crippen molar-refractivity contribution in [3.63, 3.8) is 0 Å². The lowest BCUT2D eigenvalue weighted by molar-refractivity contribution is 0.283. The van der Waals surface area contributed by atoms with E-state index in [2.05, 4.69) is 36.5 Å². The second-order valence-corrected chi connectivity index (χ2v) is 6.34. The van der Waals surface area contributed by atoms with Crippen molar-refractivity contribution in [2.45, 2.75) is 51.9 Å². The van der Waals surface area contributed by atoms with E-state index in [-0.39, 0.29) is 0 Å². The maximum atomic E-state index is 5.54. The first kappa shape index (κ1) is 16.4. The fraction of sp³-hybridized carbons (Fsp3) is 0.684. The molecule has 1 saturated carbocycles. The van der Waals surface area contributed by atoms with E-state index in [9.17, 15) is 0 Å². The predicted molar refractivity (Wildman–Crippen MR) is 89.9 cm³/mol. The van der Waals surface area contributed by atoms with Crippen molar-refractivity contribution in [3.8, 4) is 5.75 Å². The van der Waals surface area contributed by atoms with E-state index in [1.807, 2.05) is 0 Å². The molecule has 118 valence electrons. The summed E-state index contributed by atoms with van der Waals surface area (Å²) in [7, 11) is 1.78. The van der Waals surface area contributed by atoms with Crippen molar-refractivity contribution in [2.75, 3.05) is 20.2 Å². The summed E-state index contributed by atoms with van der Waals surface area (Å²) >= 11 is 0. The lowest BCUT2D eigenvalue weighted by Crippen LogP contribution is -2.30. The maximum Gasteiger partial charge on any atom is 0.122 e. The second-order valence-electron chi connectivity index (χ2n) is 6.34. The molecule has 0 aliphatic heterocycles. The highest BCUT2D eigenvalue weighted by molar-refractivity contribution is 5.33. The fourth-order valence-corrected chi connectivity index (χ4v) is 3.67. The van der Waals surface area contributed by atoms with Gasteiger partial charge in [0.25, 0.3) is 0 Å². The number of methoxy groups -OCH3 is 1. The molecule has 0 heterocycles. The van der Waals surface area contributed by atoms with Gasteiger partial charge in [0.1, 0.15) is 5.75 Å². The van der Waals surface area contributed by atoms with E-state index in [1.54, 1.807) is 7.11 Å². The van der Waals surface area contributed by atoms with Crippen LogP contribution in [0.1, 0.15) is 51.0 Å². The van der Waals surface area contributed by atoms with Gasteiger partial charge in [-0.25, -0.2) is 0 Å². The second kappa shape index (κ2) is 9.09. The summed E-state index contributed by atoms with van der Waals surface area (Å²) in [5, 5.41) is 3.58. The molecule has 1 aromatic carbocycles. The molecule has 0 amide bonds. The Morgan fingerprint density at radius 2 is 1.86 bits per heavy atom. The lowest BCUT2D eigenvalue weighted by Gasteiger charge is -2.27. The van der Waals surface area contributed by atoms with Gasteiger partial charge in [0.05, 0.1) is 7.11 Å². The van der Waals surface area contributed by atoms with E-state index < -0.39 is 0 Å². The van der Waals surface area contributed by atoms with E-state index in [0.717, 1.165) is 37.1 Å². The van der Waals surface area contributed by atoms with E-state index >= 15 is 0 Å².